The minimum atomic E-state index is -1.05. The molecule has 0 aromatic carbocycles. The van der Waals surface area contributed by atoms with Crippen LogP contribution in [0, 0.1) is 24.2 Å². The van der Waals surface area contributed by atoms with Crippen LogP contribution in [-0.4, -0.2) is 58.6 Å². The Kier molecular flexibility index (Phi) is 7.56. The number of terminal acetylenes is 1. The molecule has 0 spiro atoms. The van der Waals surface area contributed by atoms with E-state index in [1.54, 1.807) is 18.7 Å². The van der Waals surface area contributed by atoms with Gasteiger partial charge in [0, 0.05) is 19.6 Å². The summed E-state index contributed by atoms with van der Waals surface area (Å²) in [5.41, 5.74) is 0.241. The highest BCUT2D eigenvalue weighted by Crippen LogP contribution is 2.33. The highest BCUT2D eigenvalue weighted by molar-refractivity contribution is 6.22. The maximum Gasteiger partial charge on any atom is 0.316 e. The van der Waals surface area contributed by atoms with Gasteiger partial charge in [-0.15, -0.1) is 18.0 Å². The number of amides is 3. The van der Waals surface area contributed by atoms with Crippen molar-refractivity contribution >= 4 is 23.5 Å². The van der Waals surface area contributed by atoms with Crippen molar-refractivity contribution in [3.8, 4) is 12.3 Å². The molecule has 1 saturated heterocycles. The van der Waals surface area contributed by atoms with Crippen LogP contribution < -0.4 is 10.6 Å². The average Bonchev–Trinajstić information content (AvgIpc) is 2.64. The smallest absolute Gasteiger partial charge is 0.316 e. The second kappa shape index (κ2) is 9.49. The number of carbonyl (C=O) groups is 2. The molecule has 0 aromatic heterocycles. The van der Waals surface area contributed by atoms with Crippen LogP contribution in [0.1, 0.15) is 33.6 Å². The number of piperidine rings is 1. The fourth-order valence-corrected chi connectivity index (χ4v) is 3.72. The number of halogens is 1. The van der Waals surface area contributed by atoms with Crippen molar-refractivity contribution in [1.82, 2.24) is 15.5 Å². The highest BCUT2D eigenvalue weighted by atomic mass is 35.5. The lowest BCUT2D eigenvalue weighted by Crippen LogP contribution is -2.54. The lowest BCUT2D eigenvalue weighted by Gasteiger charge is -2.39. The molecule has 1 aliphatic carbocycles. The lowest BCUT2D eigenvalue weighted by atomic mass is 9.79. The zero-order valence-corrected chi connectivity index (χ0v) is 17.5. The van der Waals surface area contributed by atoms with Gasteiger partial charge in [0.05, 0.1) is 11.0 Å². The molecule has 0 bridgehead atoms. The van der Waals surface area contributed by atoms with Crippen LogP contribution in [0.25, 0.3) is 0 Å². The van der Waals surface area contributed by atoms with Gasteiger partial charge in [-0.25, -0.2) is 4.79 Å². The van der Waals surface area contributed by atoms with E-state index in [-0.39, 0.29) is 23.7 Å². The first-order valence-electron chi connectivity index (χ1n) is 9.64. The van der Waals surface area contributed by atoms with Crippen molar-refractivity contribution in [2.24, 2.45) is 11.8 Å². The molecule has 4 unspecified atom stereocenters. The number of carbonyl (C=O) groups excluding carboxylic acids is 2. The molecule has 4 atom stereocenters. The van der Waals surface area contributed by atoms with Gasteiger partial charge in [-0.05, 0) is 44.1 Å². The van der Waals surface area contributed by atoms with Crippen molar-refractivity contribution in [2.75, 3.05) is 19.6 Å². The van der Waals surface area contributed by atoms with Crippen molar-refractivity contribution < 1.29 is 14.7 Å². The number of hydrogen-bond acceptors (Lipinski definition) is 3. The number of alkyl halides is 1. The molecule has 0 saturated carbocycles. The number of rotatable bonds is 5. The Morgan fingerprint density at radius 1 is 1.50 bits per heavy atom. The monoisotopic (exact) mass is 407 g/mol. The number of allylic oxidation sites excluding steroid dienone is 4. The second-order valence-electron chi connectivity index (χ2n) is 8.21. The molecule has 7 heteroatoms. The molecule has 0 radical (unpaired) electrons. The van der Waals surface area contributed by atoms with Gasteiger partial charge in [-0.2, -0.15) is 0 Å². The molecular formula is C21H30ClN3O3. The fourth-order valence-electron chi connectivity index (χ4n) is 3.56. The average molecular weight is 408 g/mol. The van der Waals surface area contributed by atoms with E-state index in [2.05, 4.69) is 35.6 Å². The summed E-state index contributed by atoms with van der Waals surface area (Å²) in [6, 6.07) is -1.61. The van der Waals surface area contributed by atoms with Crippen molar-refractivity contribution in [3.63, 3.8) is 0 Å². The fraction of sp³-hybridized carbons (Fsp3) is 0.619. The van der Waals surface area contributed by atoms with E-state index in [0.29, 0.717) is 19.0 Å². The third-order valence-electron chi connectivity index (χ3n) is 5.09. The van der Waals surface area contributed by atoms with E-state index in [0.717, 1.165) is 12.8 Å². The molecule has 28 heavy (non-hydrogen) atoms. The van der Waals surface area contributed by atoms with Gasteiger partial charge in [0.2, 0.25) is 0 Å². The summed E-state index contributed by atoms with van der Waals surface area (Å²) in [5, 5.41) is 14.8. The van der Waals surface area contributed by atoms with Gasteiger partial charge in [0.1, 0.15) is 0 Å². The van der Waals surface area contributed by atoms with E-state index >= 15 is 0 Å². The van der Waals surface area contributed by atoms with Crippen LogP contribution in [0.3, 0.4) is 0 Å². The molecule has 3 amide bonds. The molecule has 0 aromatic rings. The quantitative estimate of drug-likeness (QED) is 0.482. The second-order valence-corrected chi connectivity index (χ2v) is 8.77. The van der Waals surface area contributed by atoms with Crippen LogP contribution >= 0.6 is 11.6 Å². The first kappa shape index (κ1) is 22.3. The van der Waals surface area contributed by atoms with Gasteiger partial charge >= 0.3 is 6.03 Å². The van der Waals surface area contributed by atoms with Gasteiger partial charge in [0.25, 0.3) is 5.91 Å². The SMILES string of the molecule is C#CC(NC(=O)NCC(C)(C)O)C(=O)N1CCC(C2=CCC(Cl)C=C2)C(C)C1. The lowest BCUT2D eigenvalue weighted by molar-refractivity contribution is -0.134. The third kappa shape index (κ3) is 6.29. The van der Waals surface area contributed by atoms with Gasteiger partial charge in [0.15, 0.2) is 6.04 Å². The van der Waals surface area contributed by atoms with Crippen molar-refractivity contribution in [1.29, 1.82) is 0 Å². The van der Waals surface area contributed by atoms with E-state index in [4.69, 9.17) is 18.0 Å². The van der Waals surface area contributed by atoms with Gasteiger partial charge < -0.3 is 20.6 Å². The number of nitrogens with zero attached hydrogens (tertiary/aromatic N) is 1. The summed E-state index contributed by atoms with van der Waals surface area (Å²) >= 11 is 6.11. The molecule has 1 aliphatic heterocycles. The molecule has 154 valence electrons. The number of likely N-dealkylation sites (tertiary alicyclic amines) is 1. The standard InChI is InChI=1S/C21H30ClN3O3/c1-5-18(24-20(27)23-13-21(3,4)28)19(26)25-11-10-17(14(2)12-25)15-6-8-16(22)9-7-15/h1,6-8,14,16-18,28H,9-13H2,2-4H3,(H2,23,24,27). The zero-order valence-electron chi connectivity index (χ0n) is 16.7. The van der Waals surface area contributed by atoms with E-state index in [1.165, 1.54) is 5.57 Å². The molecular weight excluding hydrogens is 378 g/mol. The summed E-state index contributed by atoms with van der Waals surface area (Å²) in [7, 11) is 0. The minimum absolute atomic E-state index is 0.0541. The van der Waals surface area contributed by atoms with Crippen LogP contribution in [-0.2, 0) is 4.79 Å². The van der Waals surface area contributed by atoms with E-state index in [1.807, 2.05) is 6.08 Å². The summed E-state index contributed by atoms with van der Waals surface area (Å²) in [5.74, 6) is 2.75. The summed E-state index contributed by atoms with van der Waals surface area (Å²) < 4.78 is 0. The number of hydrogen-bond donors (Lipinski definition) is 3. The maximum absolute atomic E-state index is 12.8. The number of aliphatic hydroxyl groups is 1. The largest absolute Gasteiger partial charge is 0.389 e. The topological polar surface area (TPSA) is 81.7 Å². The van der Waals surface area contributed by atoms with Crippen LogP contribution in [0.4, 0.5) is 4.79 Å². The minimum Gasteiger partial charge on any atom is -0.389 e. The third-order valence-corrected chi connectivity index (χ3v) is 5.42. The predicted molar refractivity (Wildman–Crippen MR) is 111 cm³/mol. The summed E-state index contributed by atoms with van der Waals surface area (Å²) in [6.07, 6.45) is 13.5. The predicted octanol–water partition coefficient (Wildman–Crippen LogP) is 2.04. The first-order valence-corrected chi connectivity index (χ1v) is 10.1. The number of nitrogens with one attached hydrogen (secondary N) is 2. The van der Waals surface area contributed by atoms with Crippen LogP contribution in [0.15, 0.2) is 23.8 Å². The molecule has 1 fully saturated rings. The van der Waals surface area contributed by atoms with Gasteiger partial charge in [-0.1, -0.05) is 31.1 Å². The Morgan fingerprint density at radius 3 is 2.75 bits per heavy atom. The zero-order chi connectivity index (χ0) is 20.9. The summed E-state index contributed by atoms with van der Waals surface area (Å²) in [6.45, 7) is 6.51. The van der Waals surface area contributed by atoms with E-state index in [9.17, 15) is 14.7 Å². The van der Waals surface area contributed by atoms with E-state index < -0.39 is 17.7 Å². The first-order chi connectivity index (χ1) is 13.1. The Balaban J connectivity index is 1.91. The Hall–Kier alpha value is -1.97. The molecule has 3 N–H and O–H groups in total. The van der Waals surface area contributed by atoms with Crippen molar-refractivity contribution in [3.05, 3.63) is 23.8 Å². The van der Waals surface area contributed by atoms with Gasteiger partial charge in [-0.3, -0.25) is 4.79 Å². The molecule has 1 heterocycles. The number of urea groups is 1. The van der Waals surface area contributed by atoms with Crippen LogP contribution in [0.2, 0.25) is 0 Å². The summed E-state index contributed by atoms with van der Waals surface area (Å²) in [4.78, 5) is 26.5. The normalized spacial score (nSPS) is 26.1. The van der Waals surface area contributed by atoms with Crippen LogP contribution in [0.5, 0.6) is 0 Å². The molecule has 2 rings (SSSR count). The Bertz CT molecular complexity index is 690. The molecule has 2 aliphatic rings. The molecule has 6 nitrogen and oxygen atoms in total. The highest BCUT2D eigenvalue weighted by Gasteiger charge is 2.33. The Morgan fingerprint density at radius 2 is 2.21 bits per heavy atom. The Labute approximate surface area is 172 Å². The maximum atomic E-state index is 12.8. The van der Waals surface area contributed by atoms with Crippen molar-refractivity contribution in [2.45, 2.75) is 50.6 Å².